The van der Waals surface area contributed by atoms with Gasteiger partial charge in [0.25, 0.3) is 5.91 Å². The van der Waals surface area contributed by atoms with Crippen LogP contribution in [0.15, 0.2) is 24.4 Å². The summed E-state index contributed by atoms with van der Waals surface area (Å²) in [6.45, 7) is 3.14. The van der Waals surface area contributed by atoms with E-state index in [2.05, 4.69) is 10.3 Å². The lowest BCUT2D eigenvalue weighted by atomic mass is 10.1. The van der Waals surface area contributed by atoms with E-state index < -0.39 is 23.1 Å². The van der Waals surface area contributed by atoms with E-state index in [4.69, 9.17) is 5.73 Å². The van der Waals surface area contributed by atoms with Crippen molar-refractivity contribution in [2.45, 2.75) is 13.8 Å². The van der Waals surface area contributed by atoms with Crippen LogP contribution < -0.4 is 11.1 Å². The number of aromatic nitrogens is 1. The molecule has 0 spiro atoms. The Balaban J connectivity index is 2.36. The molecule has 0 aliphatic rings. The molecule has 20 heavy (non-hydrogen) atoms. The van der Waals surface area contributed by atoms with E-state index in [1.807, 2.05) is 0 Å². The molecule has 104 valence electrons. The molecule has 6 heteroatoms. The predicted molar refractivity (Wildman–Crippen MR) is 72.4 cm³/mol. The topological polar surface area (TPSA) is 68.0 Å². The minimum atomic E-state index is -0.918. The number of pyridine rings is 1. The lowest BCUT2D eigenvalue weighted by Crippen LogP contribution is -2.18. The van der Waals surface area contributed by atoms with Gasteiger partial charge < -0.3 is 11.1 Å². The molecule has 0 saturated carbocycles. The molecule has 2 aromatic rings. The van der Waals surface area contributed by atoms with Crippen molar-refractivity contribution < 1.29 is 13.6 Å². The zero-order chi connectivity index (χ0) is 14.9. The number of carbonyl (C=O) groups is 1. The summed E-state index contributed by atoms with van der Waals surface area (Å²) in [6, 6.07) is 3.93. The molecule has 0 fully saturated rings. The van der Waals surface area contributed by atoms with E-state index in [9.17, 15) is 13.6 Å². The molecule has 4 nitrogen and oxygen atoms in total. The third kappa shape index (κ3) is 2.59. The van der Waals surface area contributed by atoms with E-state index in [-0.39, 0.29) is 11.4 Å². The number of nitrogen functional groups attached to an aromatic ring is 1. The first-order valence-corrected chi connectivity index (χ1v) is 5.88. The van der Waals surface area contributed by atoms with Crippen molar-refractivity contribution in [2.24, 2.45) is 0 Å². The van der Waals surface area contributed by atoms with Gasteiger partial charge in [0.05, 0.1) is 11.9 Å². The fourth-order valence-corrected chi connectivity index (χ4v) is 1.76. The maximum atomic E-state index is 13.8. The molecule has 0 bridgehead atoms. The van der Waals surface area contributed by atoms with Crippen molar-refractivity contribution in [1.82, 2.24) is 4.98 Å². The number of nitrogens with two attached hydrogens (primary N) is 1. The standard InChI is InChI=1S/C14H13F2N3O/c1-7-3-4-10(15)11(12(7)16)14(20)19-13-8(2)5-9(17)6-18-13/h3-6H,17H2,1-2H3,(H,18,19,20). The van der Waals surface area contributed by atoms with Crippen LogP contribution in [0.5, 0.6) is 0 Å². The molecule has 0 saturated heterocycles. The number of nitrogens with one attached hydrogen (secondary N) is 1. The van der Waals surface area contributed by atoms with E-state index in [1.54, 1.807) is 13.0 Å². The minimum Gasteiger partial charge on any atom is -0.397 e. The van der Waals surface area contributed by atoms with Crippen LogP contribution in [0.3, 0.4) is 0 Å². The summed E-state index contributed by atoms with van der Waals surface area (Å²) in [5.74, 6) is -2.47. The summed E-state index contributed by atoms with van der Waals surface area (Å²) in [7, 11) is 0. The van der Waals surface area contributed by atoms with Gasteiger partial charge in [-0.1, -0.05) is 6.07 Å². The number of halogens is 2. The highest BCUT2D eigenvalue weighted by molar-refractivity contribution is 6.04. The maximum absolute atomic E-state index is 13.8. The molecule has 0 unspecified atom stereocenters. The third-order valence-corrected chi connectivity index (χ3v) is 2.84. The molecule has 0 atom stereocenters. The van der Waals surface area contributed by atoms with Gasteiger partial charge >= 0.3 is 0 Å². The highest BCUT2D eigenvalue weighted by atomic mass is 19.1. The number of hydrogen-bond donors (Lipinski definition) is 2. The van der Waals surface area contributed by atoms with Crippen molar-refractivity contribution >= 4 is 17.4 Å². The zero-order valence-corrected chi connectivity index (χ0v) is 11.0. The Labute approximate surface area is 114 Å². The summed E-state index contributed by atoms with van der Waals surface area (Å²) in [6.07, 6.45) is 1.35. The van der Waals surface area contributed by atoms with Crippen LogP contribution in [0, 0.1) is 25.5 Å². The lowest BCUT2D eigenvalue weighted by Gasteiger charge is -2.10. The van der Waals surface area contributed by atoms with Crippen molar-refractivity contribution in [3.8, 4) is 0 Å². The fraction of sp³-hybridized carbons (Fsp3) is 0.143. The van der Waals surface area contributed by atoms with Crippen molar-refractivity contribution in [3.63, 3.8) is 0 Å². The van der Waals surface area contributed by atoms with Crippen molar-refractivity contribution in [1.29, 1.82) is 0 Å². The Morgan fingerprint density at radius 1 is 1.25 bits per heavy atom. The number of anilines is 2. The third-order valence-electron chi connectivity index (χ3n) is 2.84. The Morgan fingerprint density at radius 2 is 1.95 bits per heavy atom. The molecule has 2 rings (SSSR count). The fourth-order valence-electron chi connectivity index (χ4n) is 1.76. The largest absolute Gasteiger partial charge is 0.397 e. The molecule has 1 aromatic carbocycles. The minimum absolute atomic E-state index is 0.193. The first kappa shape index (κ1) is 13.9. The summed E-state index contributed by atoms with van der Waals surface area (Å²) >= 11 is 0. The van der Waals surface area contributed by atoms with E-state index >= 15 is 0 Å². The van der Waals surface area contributed by atoms with Gasteiger partial charge in [0.2, 0.25) is 0 Å². The number of carbonyl (C=O) groups excluding carboxylic acids is 1. The SMILES string of the molecule is Cc1cc(N)cnc1NC(=O)c1c(F)ccc(C)c1F. The monoisotopic (exact) mass is 277 g/mol. The van der Waals surface area contributed by atoms with Crippen LogP contribution in [0.25, 0.3) is 0 Å². The average Bonchev–Trinajstić information content (AvgIpc) is 2.38. The summed E-state index contributed by atoms with van der Waals surface area (Å²) < 4.78 is 27.4. The molecule has 1 amide bonds. The molecular formula is C14H13F2N3O. The average molecular weight is 277 g/mol. The normalized spacial score (nSPS) is 10.4. The van der Waals surface area contributed by atoms with Gasteiger partial charge in [0.1, 0.15) is 23.0 Å². The smallest absolute Gasteiger partial charge is 0.262 e. The van der Waals surface area contributed by atoms with Crippen molar-refractivity contribution in [3.05, 3.63) is 52.7 Å². The Hall–Kier alpha value is -2.50. The van der Waals surface area contributed by atoms with Gasteiger partial charge in [-0.05, 0) is 37.1 Å². The zero-order valence-electron chi connectivity index (χ0n) is 11.0. The van der Waals surface area contributed by atoms with E-state index in [1.165, 1.54) is 19.2 Å². The predicted octanol–water partition coefficient (Wildman–Crippen LogP) is 2.81. The van der Waals surface area contributed by atoms with Gasteiger partial charge in [-0.2, -0.15) is 0 Å². The van der Waals surface area contributed by atoms with Crippen molar-refractivity contribution in [2.75, 3.05) is 11.1 Å². The second-order valence-corrected chi connectivity index (χ2v) is 4.44. The number of nitrogens with zero attached hydrogens (tertiary/aromatic N) is 1. The molecule has 3 N–H and O–H groups in total. The van der Waals surface area contributed by atoms with E-state index in [0.717, 1.165) is 6.07 Å². The van der Waals surface area contributed by atoms with Crippen LogP contribution >= 0.6 is 0 Å². The van der Waals surface area contributed by atoms with E-state index in [0.29, 0.717) is 11.3 Å². The highest BCUT2D eigenvalue weighted by Gasteiger charge is 2.20. The lowest BCUT2D eigenvalue weighted by molar-refractivity contribution is 0.101. The van der Waals surface area contributed by atoms with Crippen LogP contribution in [0.2, 0.25) is 0 Å². The maximum Gasteiger partial charge on any atom is 0.262 e. The molecule has 0 aliphatic heterocycles. The second kappa shape index (κ2) is 5.24. The summed E-state index contributed by atoms with van der Waals surface area (Å²) in [4.78, 5) is 15.9. The van der Waals surface area contributed by atoms with Crippen LogP contribution in [-0.4, -0.2) is 10.9 Å². The number of amides is 1. The van der Waals surface area contributed by atoms with Gasteiger partial charge in [-0.15, -0.1) is 0 Å². The Bertz CT molecular complexity index is 686. The first-order chi connectivity index (χ1) is 9.40. The quantitative estimate of drug-likeness (QED) is 0.887. The molecule has 1 heterocycles. The number of aryl methyl sites for hydroxylation is 2. The van der Waals surface area contributed by atoms with Crippen LogP contribution in [-0.2, 0) is 0 Å². The Morgan fingerprint density at radius 3 is 2.60 bits per heavy atom. The molecule has 0 radical (unpaired) electrons. The molecule has 1 aromatic heterocycles. The van der Waals surface area contributed by atoms with Gasteiger partial charge in [-0.3, -0.25) is 4.79 Å². The van der Waals surface area contributed by atoms with Crippen LogP contribution in [0.1, 0.15) is 21.5 Å². The molecule has 0 aliphatic carbocycles. The highest BCUT2D eigenvalue weighted by Crippen LogP contribution is 2.19. The van der Waals surface area contributed by atoms with Gasteiger partial charge in [0.15, 0.2) is 0 Å². The van der Waals surface area contributed by atoms with Gasteiger partial charge in [-0.25, -0.2) is 13.8 Å². The second-order valence-electron chi connectivity index (χ2n) is 4.44. The van der Waals surface area contributed by atoms with Crippen LogP contribution in [0.4, 0.5) is 20.3 Å². The van der Waals surface area contributed by atoms with Gasteiger partial charge in [0, 0.05) is 0 Å². The Kier molecular flexibility index (Phi) is 3.65. The first-order valence-electron chi connectivity index (χ1n) is 5.88. The summed E-state index contributed by atoms with van der Waals surface area (Å²) in [5.41, 5.74) is 6.16. The number of benzene rings is 1. The summed E-state index contributed by atoms with van der Waals surface area (Å²) in [5, 5.41) is 2.38. The number of hydrogen-bond acceptors (Lipinski definition) is 3. The number of rotatable bonds is 2. The molecular weight excluding hydrogens is 264 g/mol.